The molecule has 1 aliphatic rings. The quantitative estimate of drug-likeness (QED) is 0.908. The minimum atomic E-state index is -0.150. The largest absolute Gasteiger partial charge is 0.350 e. The number of hydrogen-bond donors (Lipinski definition) is 1. The first-order valence-electron chi connectivity index (χ1n) is 9.05. The molecule has 6 nitrogen and oxygen atoms in total. The summed E-state index contributed by atoms with van der Waals surface area (Å²) in [6, 6.07) is 5.67. The van der Waals surface area contributed by atoms with Crippen LogP contribution in [-0.4, -0.2) is 39.2 Å². The van der Waals surface area contributed by atoms with Gasteiger partial charge in [0.2, 0.25) is 5.91 Å². The zero-order valence-electron chi connectivity index (χ0n) is 15.2. The third-order valence-electron chi connectivity index (χ3n) is 5.05. The van der Waals surface area contributed by atoms with Gasteiger partial charge in [-0.15, -0.1) is 0 Å². The molecule has 1 aliphatic heterocycles. The first-order chi connectivity index (χ1) is 12.0. The summed E-state index contributed by atoms with van der Waals surface area (Å²) in [7, 11) is 0. The molecule has 0 spiro atoms. The van der Waals surface area contributed by atoms with E-state index in [-0.39, 0.29) is 17.9 Å². The summed E-state index contributed by atoms with van der Waals surface area (Å²) >= 11 is 0. The SMILES string of the molecule is CC[C@@H](C)CNC(=O)c1nc([C@@H]2CCCN2C(C)=O)n2ccccc12. The molecule has 134 valence electrons. The fourth-order valence-corrected chi connectivity index (χ4v) is 3.37. The predicted octanol–water partition coefficient (Wildman–Crippen LogP) is 2.79. The maximum atomic E-state index is 12.7. The van der Waals surface area contributed by atoms with Crippen LogP contribution in [-0.2, 0) is 4.79 Å². The molecule has 2 amide bonds. The van der Waals surface area contributed by atoms with Gasteiger partial charge in [-0.3, -0.25) is 9.59 Å². The van der Waals surface area contributed by atoms with Crippen LogP contribution in [0.15, 0.2) is 24.4 Å². The van der Waals surface area contributed by atoms with Gasteiger partial charge in [0.15, 0.2) is 5.69 Å². The van der Waals surface area contributed by atoms with E-state index in [1.54, 1.807) is 6.92 Å². The van der Waals surface area contributed by atoms with Gasteiger partial charge in [0, 0.05) is 26.2 Å². The third kappa shape index (κ3) is 3.38. The summed E-state index contributed by atoms with van der Waals surface area (Å²) in [6.07, 6.45) is 4.77. The number of nitrogens with one attached hydrogen (secondary N) is 1. The van der Waals surface area contributed by atoms with Gasteiger partial charge in [0.05, 0.1) is 11.6 Å². The Balaban J connectivity index is 1.96. The van der Waals surface area contributed by atoms with E-state index in [1.807, 2.05) is 33.7 Å². The molecular weight excluding hydrogens is 316 g/mol. The van der Waals surface area contributed by atoms with Gasteiger partial charge in [-0.1, -0.05) is 26.3 Å². The molecule has 3 heterocycles. The first kappa shape index (κ1) is 17.5. The van der Waals surface area contributed by atoms with Gasteiger partial charge < -0.3 is 14.6 Å². The number of imidazole rings is 1. The third-order valence-corrected chi connectivity index (χ3v) is 5.05. The van der Waals surface area contributed by atoms with Gasteiger partial charge >= 0.3 is 0 Å². The topological polar surface area (TPSA) is 66.7 Å². The summed E-state index contributed by atoms with van der Waals surface area (Å²) in [5.41, 5.74) is 1.23. The van der Waals surface area contributed by atoms with E-state index in [1.165, 1.54) is 0 Å². The number of aromatic nitrogens is 2. The minimum absolute atomic E-state index is 0.0537. The number of fused-ring (bicyclic) bond motifs is 1. The van der Waals surface area contributed by atoms with Crippen LogP contribution in [0.25, 0.3) is 5.52 Å². The van der Waals surface area contributed by atoms with Gasteiger partial charge in [-0.05, 0) is 30.9 Å². The number of rotatable bonds is 5. The molecule has 6 heteroatoms. The van der Waals surface area contributed by atoms with Crippen molar-refractivity contribution in [1.82, 2.24) is 19.6 Å². The van der Waals surface area contributed by atoms with Gasteiger partial charge in [0.1, 0.15) is 5.82 Å². The highest BCUT2D eigenvalue weighted by Gasteiger charge is 2.32. The lowest BCUT2D eigenvalue weighted by Gasteiger charge is -2.22. The maximum absolute atomic E-state index is 12.7. The zero-order valence-corrected chi connectivity index (χ0v) is 15.2. The van der Waals surface area contributed by atoms with Crippen LogP contribution in [0.3, 0.4) is 0 Å². The molecule has 1 saturated heterocycles. The second-order valence-electron chi connectivity index (χ2n) is 6.87. The molecule has 0 saturated carbocycles. The monoisotopic (exact) mass is 342 g/mol. The standard InChI is InChI=1S/C19H26N4O2/c1-4-13(2)12-20-19(25)17-15-8-5-6-10-23(15)18(21-17)16-9-7-11-22(16)14(3)24/h5-6,8,10,13,16H,4,7,9,11-12H2,1-3H3,(H,20,25)/t13-,16+/m1/s1. The molecular formula is C19H26N4O2. The summed E-state index contributed by atoms with van der Waals surface area (Å²) in [5.74, 6) is 1.11. The van der Waals surface area contributed by atoms with Crippen molar-refractivity contribution in [1.29, 1.82) is 0 Å². The molecule has 0 radical (unpaired) electrons. The Morgan fingerprint density at radius 2 is 2.20 bits per heavy atom. The Kier molecular flexibility index (Phi) is 5.06. The summed E-state index contributed by atoms with van der Waals surface area (Å²) in [5, 5.41) is 2.98. The number of amides is 2. The Bertz CT molecular complexity index is 783. The molecule has 0 bridgehead atoms. The maximum Gasteiger partial charge on any atom is 0.272 e. The number of hydrogen-bond acceptors (Lipinski definition) is 3. The van der Waals surface area contributed by atoms with Crippen LogP contribution in [0.5, 0.6) is 0 Å². The van der Waals surface area contributed by atoms with Crippen molar-refractivity contribution in [2.75, 3.05) is 13.1 Å². The average Bonchev–Trinajstić information content (AvgIpc) is 3.23. The van der Waals surface area contributed by atoms with Crippen LogP contribution in [0.2, 0.25) is 0 Å². The average molecular weight is 342 g/mol. The lowest BCUT2D eigenvalue weighted by Crippen LogP contribution is -2.30. The van der Waals surface area contributed by atoms with Crippen LogP contribution in [0.1, 0.15) is 62.4 Å². The molecule has 0 unspecified atom stereocenters. The Morgan fingerprint density at radius 1 is 1.40 bits per heavy atom. The van der Waals surface area contributed by atoms with Gasteiger partial charge in [-0.25, -0.2) is 4.98 Å². The number of pyridine rings is 1. The number of likely N-dealkylation sites (tertiary alicyclic amines) is 1. The van der Waals surface area contributed by atoms with Crippen molar-refractivity contribution >= 4 is 17.3 Å². The molecule has 0 aliphatic carbocycles. The summed E-state index contributed by atoms with van der Waals surface area (Å²) in [4.78, 5) is 31.1. The lowest BCUT2D eigenvalue weighted by molar-refractivity contribution is -0.129. The van der Waals surface area contributed by atoms with Crippen molar-refractivity contribution in [3.8, 4) is 0 Å². The Labute approximate surface area is 148 Å². The normalized spacial score (nSPS) is 18.5. The molecule has 25 heavy (non-hydrogen) atoms. The van der Waals surface area contributed by atoms with E-state index in [0.717, 1.165) is 37.1 Å². The minimum Gasteiger partial charge on any atom is -0.350 e. The van der Waals surface area contributed by atoms with Gasteiger partial charge in [0.25, 0.3) is 5.91 Å². The molecule has 0 aromatic carbocycles. The van der Waals surface area contributed by atoms with Crippen LogP contribution in [0.4, 0.5) is 0 Å². The van der Waals surface area contributed by atoms with E-state index in [9.17, 15) is 9.59 Å². The number of carbonyl (C=O) groups excluding carboxylic acids is 2. The molecule has 2 aromatic rings. The van der Waals surface area contributed by atoms with Crippen LogP contribution >= 0.6 is 0 Å². The number of carbonyl (C=O) groups is 2. The van der Waals surface area contributed by atoms with E-state index in [2.05, 4.69) is 24.1 Å². The zero-order chi connectivity index (χ0) is 18.0. The molecule has 2 aromatic heterocycles. The second-order valence-corrected chi connectivity index (χ2v) is 6.87. The van der Waals surface area contributed by atoms with Crippen molar-refractivity contribution in [3.63, 3.8) is 0 Å². The van der Waals surface area contributed by atoms with E-state index >= 15 is 0 Å². The van der Waals surface area contributed by atoms with Crippen LogP contribution < -0.4 is 5.32 Å². The molecule has 1 N–H and O–H groups in total. The van der Waals surface area contributed by atoms with Crippen LogP contribution in [0, 0.1) is 5.92 Å². The fraction of sp³-hybridized carbons (Fsp3) is 0.526. The van der Waals surface area contributed by atoms with Crippen molar-refractivity contribution < 1.29 is 9.59 Å². The highest BCUT2D eigenvalue weighted by atomic mass is 16.2. The summed E-state index contributed by atoms with van der Waals surface area (Å²) in [6.45, 7) is 7.20. The predicted molar refractivity (Wildman–Crippen MR) is 96.3 cm³/mol. The molecule has 1 fully saturated rings. The molecule has 3 rings (SSSR count). The summed E-state index contributed by atoms with van der Waals surface area (Å²) < 4.78 is 1.95. The Hall–Kier alpha value is -2.37. The van der Waals surface area contributed by atoms with Gasteiger partial charge in [-0.2, -0.15) is 0 Å². The number of nitrogens with zero attached hydrogens (tertiary/aromatic N) is 3. The van der Waals surface area contributed by atoms with E-state index in [0.29, 0.717) is 18.2 Å². The highest BCUT2D eigenvalue weighted by molar-refractivity contribution is 5.99. The molecule has 2 atom stereocenters. The fourth-order valence-electron chi connectivity index (χ4n) is 3.37. The van der Waals surface area contributed by atoms with Crippen molar-refractivity contribution in [3.05, 3.63) is 35.9 Å². The smallest absolute Gasteiger partial charge is 0.272 e. The first-order valence-corrected chi connectivity index (χ1v) is 9.05. The van der Waals surface area contributed by atoms with E-state index in [4.69, 9.17) is 0 Å². The van der Waals surface area contributed by atoms with Crippen molar-refractivity contribution in [2.45, 2.75) is 46.1 Å². The van der Waals surface area contributed by atoms with Crippen molar-refractivity contribution in [2.24, 2.45) is 5.92 Å². The Morgan fingerprint density at radius 3 is 2.92 bits per heavy atom. The highest BCUT2D eigenvalue weighted by Crippen LogP contribution is 2.32. The van der Waals surface area contributed by atoms with E-state index < -0.39 is 0 Å². The lowest BCUT2D eigenvalue weighted by atomic mass is 10.1. The second kappa shape index (κ2) is 7.25.